The third kappa shape index (κ3) is 2.74. The van der Waals surface area contributed by atoms with Gasteiger partial charge in [-0.05, 0) is 34.7 Å². The maximum absolute atomic E-state index is 5.54. The summed E-state index contributed by atoms with van der Waals surface area (Å²) >= 11 is 3.45. The van der Waals surface area contributed by atoms with Gasteiger partial charge < -0.3 is 14.0 Å². The zero-order valence-corrected chi connectivity index (χ0v) is 12.5. The third-order valence-corrected chi connectivity index (χ3v) is 3.86. The highest BCUT2D eigenvalue weighted by Gasteiger charge is 2.18. The zero-order chi connectivity index (χ0) is 13.2. The van der Waals surface area contributed by atoms with Crippen LogP contribution < -0.4 is 4.90 Å². The molecule has 0 aromatic carbocycles. The van der Waals surface area contributed by atoms with Crippen LogP contribution in [-0.4, -0.2) is 41.2 Å². The van der Waals surface area contributed by atoms with Gasteiger partial charge in [-0.15, -0.1) is 0 Å². The molecule has 0 saturated carbocycles. The molecule has 2 aromatic heterocycles. The molecule has 1 saturated heterocycles. The summed E-state index contributed by atoms with van der Waals surface area (Å²) in [6.45, 7) is 2.70. The van der Waals surface area contributed by atoms with Gasteiger partial charge in [-0.3, -0.25) is 0 Å². The van der Waals surface area contributed by atoms with Gasteiger partial charge in [0.15, 0.2) is 11.5 Å². The van der Waals surface area contributed by atoms with E-state index in [-0.39, 0.29) is 0 Å². The van der Waals surface area contributed by atoms with Crippen LogP contribution in [-0.2, 0) is 4.74 Å². The van der Waals surface area contributed by atoms with Crippen molar-refractivity contribution < 1.29 is 4.74 Å². The van der Waals surface area contributed by atoms with Crippen molar-refractivity contribution in [3.05, 3.63) is 23.2 Å². The maximum Gasteiger partial charge on any atom is 0.180 e. The summed E-state index contributed by atoms with van der Waals surface area (Å²) in [5, 5.41) is 0. The molecule has 0 aliphatic carbocycles. The lowest BCUT2D eigenvalue weighted by Crippen LogP contribution is -2.31. The lowest BCUT2D eigenvalue weighted by atomic mass is 10.0. The van der Waals surface area contributed by atoms with Crippen LogP contribution in [0.1, 0.15) is 12.8 Å². The molecule has 1 atom stereocenters. The largest absolute Gasteiger partial charge is 0.381 e. The van der Waals surface area contributed by atoms with E-state index < -0.39 is 0 Å². The van der Waals surface area contributed by atoms with E-state index in [1.807, 2.05) is 16.8 Å². The first kappa shape index (κ1) is 12.9. The van der Waals surface area contributed by atoms with Crippen molar-refractivity contribution in [1.29, 1.82) is 0 Å². The minimum Gasteiger partial charge on any atom is -0.381 e. The molecule has 2 aromatic rings. The molecule has 3 rings (SSSR count). The second-order valence-electron chi connectivity index (χ2n) is 5.01. The summed E-state index contributed by atoms with van der Waals surface area (Å²) in [6, 6.07) is 0. The predicted molar refractivity (Wildman–Crippen MR) is 77.5 cm³/mol. The van der Waals surface area contributed by atoms with Gasteiger partial charge in [0.25, 0.3) is 0 Å². The average Bonchev–Trinajstić information content (AvgIpc) is 2.86. The Hall–Kier alpha value is -1.14. The topological polar surface area (TPSA) is 42.7 Å². The Morgan fingerprint density at radius 3 is 3.26 bits per heavy atom. The number of ether oxygens (including phenoxy) is 1. The number of nitrogens with zero attached hydrogens (tertiary/aromatic N) is 4. The van der Waals surface area contributed by atoms with Gasteiger partial charge >= 0.3 is 0 Å². The lowest BCUT2D eigenvalue weighted by molar-refractivity contribution is 0.0576. The van der Waals surface area contributed by atoms with E-state index in [0.29, 0.717) is 5.92 Å². The van der Waals surface area contributed by atoms with Crippen LogP contribution >= 0.6 is 15.9 Å². The van der Waals surface area contributed by atoms with Crippen LogP contribution in [0.5, 0.6) is 0 Å². The second kappa shape index (κ2) is 5.46. The van der Waals surface area contributed by atoms with E-state index in [0.717, 1.165) is 42.2 Å². The molecular weight excluding hydrogens is 308 g/mol. The van der Waals surface area contributed by atoms with Crippen LogP contribution in [0.3, 0.4) is 0 Å². The van der Waals surface area contributed by atoms with Gasteiger partial charge in [-0.2, -0.15) is 0 Å². The molecule has 0 amide bonds. The number of imidazole rings is 1. The van der Waals surface area contributed by atoms with E-state index >= 15 is 0 Å². The van der Waals surface area contributed by atoms with Gasteiger partial charge in [0.05, 0.1) is 6.61 Å². The van der Waals surface area contributed by atoms with Crippen molar-refractivity contribution in [2.45, 2.75) is 12.8 Å². The van der Waals surface area contributed by atoms with Gasteiger partial charge in [0.2, 0.25) is 0 Å². The molecule has 6 heteroatoms. The van der Waals surface area contributed by atoms with Crippen LogP contribution in [0.4, 0.5) is 5.82 Å². The summed E-state index contributed by atoms with van der Waals surface area (Å²) in [6.07, 6.45) is 8.03. The predicted octanol–water partition coefficient (Wildman–Crippen LogP) is 2.35. The van der Waals surface area contributed by atoms with Crippen LogP contribution in [0.2, 0.25) is 0 Å². The van der Waals surface area contributed by atoms with Crippen LogP contribution in [0.25, 0.3) is 5.65 Å². The number of hydrogen-bond donors (Lipinski definition) is 0. The van der Waals surface area contributed by atoms with Crippen molar-refractivity contribution >= 4 is 27.4 Å². The normalized spacial score (nSPS) is 19.8. The van der Waals surface area contributed by atoms with Gasteiger partial charge in [-0.1, -0.05) is 0 Å². The second-order valence-corrected chi connectivity index (χ2v) is 5.82. The smallest absolute Gasteiger partial charge is 0.180 e. The van der Waals surface area contributed by atoms with Gasteiger partial charge in [0.1, 0.15) is 4.60 Å². The van der Waals surface area contributed by atoms with Crippen LogP contribution in [0.15, 0.2) is 23.2 Å². The Morgan fingerprint density at radius 2 is 2.47 bits per heavy atom. The van der Waals surface area contributed by atoms with E-state index in [4.69, 9.17) is 4.74 Å². The highest BCUT2D eigenvalue weighted by atomic mass is 79.9. The zero-order valence-electron chi connectivity index (χ0n) is 10.9. The molecule has 0 N–H and O–H groups in total. The fraction of sp³-hybridized carbons (Fsp3) is 0.538. The Kier molecular flexibility index (Phi) is 3.70. The van der Waals surface area contributed by atoms with Gasteiger partial charge in [-0.25, -0.2) is 9.97 Å². The SMILES string of the molecule is CN(CC1CCCOC1)c1nc(Br)cn2ccnc12. The molecule has 0 bridgehead atoms. The van der Waals surface area contributed by atoms with Crippen molar-refractivity contribution in [3.8, 4) is 0 Å². The first-order valence-electron chi connectivity index (χ1n) is 6.52. The molecule has 102 valence electrons. The van der Waals surface area contributed by atoms with E-state index in [9.17, 15) is 0 Å². The summed E-state index contributed by atoms with van der Waals surface area (Å²) in [7, 11) is 2.07. The minimum absolute atomic E-state index is 0.578. The standard InChI is InChI=1S/C13H17BrN4O/c1-17(7-10-3-2-6-19-9-10)13-12-15-4-5-18(12)8-11(14)16-13/h4-5,8,10H,2-3,6-7,9H2,1H3. The molecule has 1 fully saturated rings. The molecule has 1 unspecified atom stereocenters. The molecule has 3 heterocycles. The summed E-state index contributed by atoms with van der Waals surface area (Å²) in [4.78, 5) is 11.1. The highest BCUT2D eigenvalue weighted by molar-refractivity contribution is 9.10. The summed E-state index contributed by atoms with van der Waals surface area (Å²) < 4.78 is 8.34. The number of fused-ring (bicyclic) bond motifs is 1. The number of rotatable bonds is 3. The lowest BCUT2D eigenvalue weighted by Gasteiger charge is -2.27. The van der Waals surface area contributed by atoms with Crippen molar-refractivity contribution in [2.24, 2.45) is 5.92 Å². The minimum atomic E-state index is 0.578. The highest BCUT2D eigenvalue weighted by Crippen LogP contribution is 2.22. The van der Waals surface area contributed by atoms with Crippen molar-refractivity contribution in [1.82, 2.24) is 14.4 Å². The van der Waals surface area contributed by atoms with Gasteiger partial charge in [0, 0.05) is 38.8 Å². The maximum atomic E-state index is 5.54. The van der Waals surface area contributed by atoms with E-state index in [1.165, 1.54) is 6.42 Å². The Morgan fingerprint density at radius 1 is 1.58 bits per heavy atom. The number of aromatic nitrogens is 3. The first-order valence-corrected chi connectivity index (χ1v) is 7.31. The molecule has 0 radical (unpaired) electrons. The Bertz CT molecular complexity index is 565. The molecule has 19 heavy (non-hydrogen) atoms. The summed E-state index contributed by atoms with van der Waals surface area (Å²) in [5.74, 6) is 1.49. The number of hydrogen-bond acceptors (Lipinski definition) is 4. The Balaban J connectivity index is 1.83. The molecule has 1 aliphatic heterocycles. The molecule has 5 nitrogen and oxygen atoms in total. The van der Waals surface area contributed by atoms with E-state index in [2.05, 4.69) is 37.8 Å². The van der Waals surface area contributed by atoms with Crippen LogP contribution in [0, 0.1) is 5.92 Å². The fourth-order valence-corrected chi connectivity index (χ4v) is 2.95. The quantitative estimate of drug-likeness (QED) is 0.869. The third-order valence-electron chi connectivity index (χ3n) is 3.48. The summed E-state index contributed by atoms with van der Waals surface area (Å²) in [5.41, 5.74) is 0.891. The monoisotopic (exact) mass is 324 g/mol. The molecule has 1 aliphatic rings. The first-order chi connectivity index (χ1) is 9.24. The van der Waals surface area contributed by atoms with Crippen molar-refractivity contribution in [2.75, 3.05) is 31.7 Å². The average molecular weight is 325 g/mol. The number of anilines is 1. The number of halogens is 1. The molecular formula is C13H17BrN4O. The Labute approximate surface area is 120 Å². The van der Waals surface area contributed by atoms with E-state index in [1.54, 1.807) is 6.20 Å². The van der Waals surface area contributed by atoms with Crippen molar-refractivity contribution in [3.63, 3.8) is 0 Å². The fourth-order valence-electron chi connectivity index (χ4n) is 2.57. The molecule has 0 spiro atoms.